The first-order chi connectivity index (χ1) is 10.6. The molecule has 0 saturated heterocycles. The Hall–Kier alpha value is -1.16. The molecular formula is C18H30O4. The predicted octanol–water partition coefficient (Wildman–Crippen LogP) is 4.01. The quantitative estimate of drug-likeness (QED) is 0.565. The summed E-state index contributed by atoms with van der Waals surface area (Å²) in [6, 6.07) is 0. The van der Waals surface area contributed by atoms with Crippen LogP contribution < -0.4 is 0 Å². The SMILES string of the molecule is CCCCCC1=C(CCCCCCC(=O)O)C(=O)[C@H](O)CC1. The van der Waals surface area contributed by atoms with Crippen molar-refractivity contribution in [3.63, 3.8) is 0 Å². The van der Waals surface area contributed by atoms with Gasteiger partial charge in [0.25, 0.3) is 0 Å². The van der Waals surface area contributed by atoms with Gasteiger partial charge in [0.05, 0.1) is 0 Å². The van der Waals surface area contributed by atoms with Crippen molar-refractivity contribution in [3.8, 4) is 0 Å². The molecule has 0 fully saturated rings. The monoisotopic (exact) mass is 310 g/mol. The molecule has 0 saturated carbocycles. The number of hydrogen-bond donors (Lipinski definition) is 2. The highest BCUT2D eigenvalue weighted by molar-refractivity contribution is 6.00. The lowest BCUT2D eigenvalue weighted by Crippen LogP contribution is -2.27. The average Bonchev–Trinajstić information content (AvgIpc) is 2.48. The second-order valence-electron chi connectivity index (χ2n) is 6.27. The Bertz CT molecular complexity index is 398. The molecule has 1 aliphatic carbocycles. The van der Waals surface area contributed by atoms with Gasteiger partial charge >= 0.3 is 5.97 Å². The maximum Gasteiger partial charge on any atom is 0.303 e. The highest BCUT2D eigenvalue weighted by atomic mass is 16.4. The predicted molar refractivity (Wildman–Crippen MR) is 86.8 cm³/mol. The van der Waals surface area contributed by atoms with Crippen LogP contribution in [0.4, 0.5) is 0 Å². The van der Waals surface area contributed by atoms with E-state index in [2.05, 4.69) is 6.92 Å². The van der Waals surface area contributed by atoms with Gasteiger partial charge in [0, 0.05) is 6.42 Å². The number of Topliss-reactive ketones (excluding diaryl/α,β-unsaturated/α-hetero) is 1. The molecule has 126 valence electrons. The molecule has 0 aromatic rings. The maximum absolute atomic E-state index is 12.2. The van der Waals surface area contributed by atoms with Crippen LogP contribution in [-0.4, -0.2) is 28.1 Å². The lowest BCUT2D eigenvalue weighted by molar-refractivity contribution is -0.137. The summed E-state index contributed by atoms with van der Waals surface area (Å²) in [4.78, 5) is 22.6. The van der Waals surface area contributed by atoms with Gasteiger partial charge < -0.3 is 10.2 Å². The Morgan fingerprint density at radius 2 is 1.77 bits per heavy atom. The van der Waals surface area contributed by atoms with Crippen molar-refractivity contribution >= 4 is 11.8 Å². The third kappa shape index (κ3) is 6.73. The van der Waals surface area contributed by atoms with Gasteiger partial charge in [-0.2, -0.15) is 0 Å². The molecule has 0 radical (unpaired) electrons. The number of carboxylic acids is 1. The second-order valence-corrected chi connectivity index (χ2v) is 6.27. The molecule has 0 unspecified atom stereocenters. The molecule has 2 N–H and O–H groups in total. The van der Waals surface area contributed by atoms with Crippen LogP contribution in [0.25, 0.3) is 0 Å². The standard InChI is InChI=1S/C18H30O4/c1-2-3-6-9-14-12-13-16(19)18(22)15(14)10-7-4-5-8-11-17(20)21/h16,19H,2-13H2,1H3,(H,20,21)/t16-/m1/s1. The van der Waals surface area contributed by atoms with E-state index >= 15 is 0 Å². The van der Waals surface area contributed by atoms with Gasteiger partial charge in [-0.25, -0.2) is 0 Å². The van der Waals surface area contributed by atoms with Gasteiger partial charge in [-0.1, -0.05) is 38.2 Å². The molecule has 22 heavy (non-hydrogen) atoms. The Balaban J connectivity index is 2.44. The van der Waals surface area contributed by atoms with Crippen LogP contribution in [0.5, 0.6) is 0 Å². The highest BCUT2D eigenvalue weighted by Crippen LogP contribution is 2.30. The number of unbranched alkanes of at least 4 members (excludes halogenated alkanes) is 5. The lowest BCUT2D eigenvalue weighted by Gasteiger charge is -2.23. The van der Waals surface area contributed by atoms with E-state index < -0.39 is 12.1 Å². The first kappa shape index (κ1) is 18.9. The summed E-state index contributed by atoms with van der Waals surface area (Å²) in [7, 11) is 0. The van der Waals surface area contributed by atoms with Crippen molar-refractivity contribution in [2.24, 2.45) is 0 Å². The van der Waals surface area contributed by atoms with E-state index in [1.165, 1.54) is 18.4 Å². The zero-order chi connectivity index (χ0) is 16.4. The third-order valence-corrected chi connectivity index (χ3v) is 4.40. The minimum atomic E-state index is -0.808. The second kappa shape index (κ2) is 10.5. The normalized spacial score (nSPS) is 18.8. The van der Waals surface area contributed by atoms with Crippen LogP contribution in [0.2, 0.25) is 0 Å². The number of aliphatic carboxylic acids is 1. The molecule has 1 rings (SSSR count). The number of ketones is 1. The van der Waals surface area contributed by atoms with E-state index in [9.17, 15) is 14.7 Å². The van der Waals surface area contributed by atoms with Crippen molar-refractivity contribution in [1.82, 2.24) is 0 Å². The topological polar surface area (TPSA) is 74.6 Å². The van der Waals surface area contributed by atoms with Crippen molar-refractivity contribution in [2.75, 3.05) is 0 Å². The van der Waals surface area contributed by atoms with Gasteiger partial charge in [-0.15, -0.1) is 0 Å². The molecule has 4 nitrogen and oxygen atoms in total. The van der Waals surface area contributed by atoms with Crippen molar-refractivity contribution < 1.29 is 19.8 Å². The molecule has 0 aromatic carbocycles. The summed E-state index contributed by atoms with van der Waals surface area (Å²) in [6.45, 7) is 2.17. The van der Waals surface area contributed by atoms with Crippen LogP contribution in [0.3, 0.4) is 0 Å². The zero-order valence-electron chi connectivity index (χ0n) is 13.8. The summed E-state index contributed by atoms with van der Waals surface area (Å²) in [5.41, 5.74) is 2.13. The number of aliphatic hydroxyl groups excluding tert-OH is 1. The Morgan fingerprint density at radius 3 is 2.45 bits per heavy atom. The number of allylic oxidation sites excluding steroid dienone is 1. The molecule has 1 aliphatic rings. The number of carboxylic acid groups (broad SMARTS) is 1. The minimum Gasteiger partial charge on any atom is -0.481 e. The largest absolute Gasteiger partial charge is 0.481 e. The molecule has 0 aliphatic heterocycles. The van der Waals surface area contributed by atoms with Gasteiger partial charge in [0.2, 0.25) is 0 Å². The van der Waals surface area contributed by atoms with Gasteiger partial charge in [0.15, 0.2) is 5.78 Å². The fourth-order valence-electron chi connectivity index (χ4n) is 3.06. The summed E-state index contributed by atoms with van der Waals surface area (Å²) < 4.78 is 0. The van der Waals surface area contributed by atoms with Gasteiger partial charge in [-0.05, 0) is 50.5 Å². The van der Waals surface area contributed by atoms with Crippen LogP contribution in [0.1, 0.15) is 84.0 Å². The first-order valence-electron chi connectivity index (χ1n) is 8.71. The van der Waals surface area contributed by atoms with Gasteiger partial charge in [0.1, 0.15) is 6.10 Å². The third-order valence-electron chi connectivity index (χ3n) is 4.40. The summed E-state index contributed by atoms with van der Waals surface area (Å²) in [5, 5.41) is 18.4. The fraction of sp³-hybridized carbons (Fsp3) is 0.778. The molecular weight excluding hydrogens is 280 g/mol. The maximum atomic E-state index is 12.2. The van der Waals surface area contributed by atoms with E-state index in [-0.39, 0.29) is 12.2 Å². The molecule has 1 atom stereocenters. The molecule has 0 amide bonds. The Labute approximate surface area is 133 Å². The van der Waals surface area contributed by atoms with Crippen LogP contribution >= 0.6 is 0 Å². The number of rotatable bonds is 11. The van der Waals surface area contributed by atoms with Gasteiger partial charge in [-0.3, -0.25) is 9.59 Å². The molecule has 0 bridgehead atoms. The smallest absolute Gasteiger partial charge is 0.303 e. The van der Waals surface area contributed by atoms with E-state index in [0.717, 1.165) is 50.5 Å². The van der Waals surface area contributed by atoms with Crippen molar-refractivity contribution in [1.29, 1.82) is 0 Å². The Kier molecular flexibility index (Phi) is 9.05. The van der Waals surface area contributed by atoms with E-state index in [0.29, 0.717) is 12.8 Å². The van der Waals surface area contributed by atoms with Crippen LogP contribution in [0.15, 0.2) is 11.1 Å². The van der Waals surface area contributed by atoms with Crippen molar-refractivity contribution in [2.45, 2.75) is 90.1 Å². The zero-order valence-corrected chi connectivity index (χ0v) is 13.8. The molecule has 0 aromatic heterocycles. The van der Waals surface area contributed by atoms with Crippen LogP contribution in [0, 0.1) is 0 Å². The number of carbonyl (C=O) groups excluding carboxylic acids is 1. The first-order valence-corrected chi connectivity index (χ1v) is 8.71. The highest BCUT2D eigenvalue weighted by Gasteiger charge is 2.27. The van der Waals surface area contributed by atoms with E-state index in [1.54, 1.807) is 0 Å². The number of hydrogen-bond acceptors (Lipinski definition) is 3. The summed E-state index contributed by atoms with van der Waals surface area (Å²) in [5.74, 6) is -0.810. The average molecular weight is 310 g/mol. The van der Waals surface area contributed by atoms with E-state index in [1.807, 2.05) is 0 Å². The fourth-order valence-corrected chi connectivity index (χ4v) is 3.06. The molecule has 0 spiro atoms. The van der Waals surface area contributed by atoms with Crippen molar-refractivity contribution in [3.05, 3.63) is 11.1 Å². The summed E-state index contributed by atoms with van der Waals surface area (Å²) in [6.07, 6.45) is 9.49. The minimum absolute atomic E-state index is 0.0664. The Morgan fingerprint density at radius 1 is 1.09 bits per heavy atom. The number of carbonyl (C=O) groups is 2. The molecule has 0 heterocycles. The van der Waals surface area contributed by atoms with E-state index in [4.69, 9.17) is 5.11 Å². The van der Waals surface area contributed by atoms with Crippen LogP contribution in [-0.2, 0) is 9.59 Å². The summed E-state index contributed by atoms with van der Waals surface area (Å²) >= 11 is 0. The molecule has 4 heteroatoms. The lowest BCUT2D eigenvalue weighted by atomic mass is 9.83. The number of aliphatic hydroxyl groups is 1.